The van der Waals surface area contributed by atoms with E-state index in [0.717, 1.165) is 0 Å². The molecule has 0 aromatic carbocycles. The van der Waals surface area contributed by atoms with Crippen molar-refractivity contribution < 1.29 is 37.4 Å². The van der Waals surface area contributed by atoms with Crippen molar-refractivity contribution in [2.45, 2.75) is 73.5 Å². The Morgan fingerprint density at radius 2 is 1.69 bits per heavy atom. The highest BCUT2D eigenvalue weighted by Gasteiger charge is 2.51. The molecule has 150 valence electrons. The molecule has 26 heavy (non-hydrogen) atoms. The normalized spacial score (nSPS) is 22.3. The quantitative estimate of drug-likeness (QED) is 0.538. The predicted octanol–water partition coefficient (Wildman–Crippen LogP) is 3.47. The summed E-state index contributed by atoms with van der Waals surface area (Å²) in [6.45, 7) is 12.7. The molecule has 1 fully saturated rings. The van der Waals surface area contributed by atoms with Crippen molar-refractivity contribution in [2.75, 3.05) is 6.61 Å². The Bertz CT molecular complexity index is 573. The fourth-order valence-corrected chi connectivity index (χ4v) is 2.82. The highest BCUT2D eigenvalue weighted by molar-refractivity contribution is 5.83. The fourth-order valence-electron chi connectivity index (χ4n) is 2.82. The van der Waals surface area contributed by atoms with Crippen molar-refractivity contribution in [1.29, 1.82) is 0 Å². The summed E-state index contributed by atoms with van der Waals surface area (Å²) in [6, 6.07) is 0. The van der Waals surface area contributed by atoms with Crippen molar-refractivity contribution in [3.8, 4) is 0 Å². The molecular formula is C18H28F2O6. The van der Waals surface area contributed by atoms with Gasteiger partial charge in [-0.05, 0) is 24.2 Å². The van der Waals surface area contributed by atoms with Crippen molar-refractivity contribution in [1.82, 2.24) is 0 Å². The Hall–Kier alpha value is -1.73. The Morgan fingerprint density at radius 3 is 2.08 bits per heavy atom. The Labute approximate surface area is 152 Å². The largest absolute Gasteiger partial charge is 0.453 e. The zero-order valence-corrected chi connectivity index (χ0v) is 16.4. The van der Waals surface area contributed by atoms with Gasteiger partial charge in [-0.25, -0.2) is 9.59 Å². The molecule has 2 unspecified atom stereocenters. The molecule has 2 atom stereocenters. The summed E-state index contributed by atoms with van der Waals surface area (Å²) in [7, 11) is 0. The van der Waals surface area contributed by atoms with Crippen LogP contribution in [0.5, 0.6) is 0 Å². The zero-order valence-electron chi connectivity index (χ0n) is 16.4. The first-order valence-electron chi connectivity index (χ1n) is 8.44. The van der Waals surface area contributed by atoms with Gasteiger partial charge >= 0.3 is 24.0 Å². The van der Waals surface area contributed by atoms with E-state index in [1.54, 1.807) is 6.92 Å². The maximum absolute atomic E-state index is 12.9. The van der Waals surface area contributed by atoms with Gasteiger partial charge in [-0.15, -0.1) is 0 Å². The molecule has 1 rings (SSSR count). The number of alkyl halides is 2. The molecule has 0 spiro atoms. The molecule has 0 aromatic rings. The molecule has 0 aromatic heterocycles. The monoisotopic (exact) mass is 378 g/mol. The molecule has 8 heteroatoms. The van der Waals surface area contributed by atoms with Crippen LogP contribution in [0, 0.1) is 16.2 Å². The van der Waals surface area contributed by atoms with E-state index >= 15 is 0 Å². The maximum atomic E-state index is 12.9. The Morgan fingerprint density at radius 1 is 1.15 bits per heavy atom. The predicted molar refractivity (Wildman–Crippen MR) is 88.1 cm³/mol. The Balaban J connectivity index is 2.71. The number of cyclic esters (lactones) is 1. The highest BCUT2D eigenvalue weighted by atomic mass is 19.3. The van der Waals surface area contributed by atoms with Crippen LogP contribution in [-0.2, 0) is 28.6 Å². The fraction of sp³-hybridized carbons (Fsp3) is 0.833. The topological polar surface area (TPSA) is 78.9 Å². The minimum absolute atomic E-state index is 0.166. The van der Waals surface area contributed by atoms with E-state index in [2.05, 4.69) is 9.47 Å². The van der Waals surface area contributed by atoms with Gasteiger partial charge in [0.1, 0.15) is 0 Å². The summed E-state index contributed by atoms with van der Waals surface area (Å²) >= 11 is 0. The molecule has 0 bridgehead atoms. The van der Waals surface area contributed by atoms with Crippen LogP contribution in [0.15, 0.2) is 0 Å². The first-order valence-corrected chi connectivity index (χ1v) is 8.44. The third-order valence-corrected chi connectivity index (χ3v) is 4.52. The third kappa shape index (κ3) is 5.64. The van der Waals surface area contributed by atoms with Gasteiger partial charge < -0.3 is 14.2 Å². The van der Waals surface area contributed by atoms with Crippen LogP contribution in [0.25, 0.3) is 0 Å². The lowest BCUT2D eigenvalue weighted by atomic mass is 9.61. The second-order valence-corrected chi connectivity index (χ2v) is 9.14. The van der Waals surface area contributed by atoms with Gasteiger partial charge in [-0.1, -0.05) is 41.5 Å². The third-order valence-electron chi connectivity index (χ3n) is 4.52. The van der Waals surface area contributed by atoms with Crippen LogP contribution in [-0.4, -0.2) is 36.7 Å². The standard InChI is InChI=1S/C18H28F2O6/c1-15(2,3)10-17(7,16(4,5)6)14(23)24-9-12(21)25-11-8-18(19,20)26-13(11)22/h11H,8-10H2,1-7H3. The SMILES string of the molecule is CC(C)(C)CC(C)(C(=O)OCC(=O)OC1CC(F)(F)OC1=O)C(C)(C)C. The van der Waals surface area contributed by atoms with Crippen LogP contribution in [0.3, 0.4) is 0 Å². The van der Waals surface area contributed by atoms with Crippen LogP contribution in [0.2, 0.25) is 0 Å². The van der Waals surface area contributed by atoms with Crippen molar-refractivity contribution in [3.63, 3.8) is 0 Å². The number of esters is 3. The highest BCUT2D eigenvalue weighted by Crippen LogP contribution is 2.47. The van der Waals surface area contributed by atoms with Gasteiger partial charge in [0, 0.05) is 0 Å². The van der Waals surface area contributed by atoms with Crippen molar-refractivity contribution in [2.24, 2.45) is 16.2 Å². The first kappa shape index (κ1) is 22.3. The lowest BCUT2D eigenvalue weighted by molar-refractivity contribution is -0.209. The smallest absolute Gasteiger partial charge is 0.404 e. The number of rotatable bonds is 5. The van der Waals surface area contributed by atoms with Crippen molar-refractivity contribution >= 4 is 17.9 Å². The lowest BCUT2D eigenvalue weighted by Gasteiger charge is -2.43. The number of carbonyl (C=O) groups is 3. The summed E-state index contributed by atoms with van der Waals surface area (Å²) in [6.07, 6.45) is -5.89. The van der Waals surface area contributed by atoms with Crippen LogP contribution in [0.4, 0.5) is 8.78 Å². The van der Waals surface area contributed by atoms with Gasteiger partial charge in [0.2, 0.25) is 6.10 Å². The summed E-state index contributed by atoms with van der Waals surface area (Å²) in [5, 5.41) is 0. The maximum Gasteiger partial charge on any atom is 0.404 e. The van der Waals surface area contributed by atoms with Gasteiger partial charge in [0.05, 0.1) is 11.8 Å². The number of hydrogen-bond acceptors (Lipinski definition) is 6. The molecule has 6 nitrogen and oxygen atoms in total. The van der Waals surface area contributed by atoms with E-state index in [4.69, 9.17) is 4.74 Å². The number of hydrogen-bond donors (Lipinski definition) is 0. The van der Waals surface area contributed by atoms with E-state index in [-0.39, 0.29) is 5.41 Å². The molecule has 1 aliphatic rings. The van der Waals surface area contributed by atoms with E-state index in [1.165, 1.54) is 0 Å². The van der Waals surface area contributed by atoms with Gasteiger partial charge in [0.15, 0.2) is 6.61 Å². The van der Waals surface area contributed by atoms with Crippen LogP contribution < -0.4 is 0 Å². The molecular weight excluding hydrogens is 350 g/mol. The average Bonchev–Trinajstić information content (AvgIpc) is 2.65. The van der Waals surface area contributed by atoms with Crippen molar-refractivity contribution in [3.05, 3.63) is 0 Å². The molecule has 0 radical (unpaired) electrons. The molecule has 1 aliphatic heterocycles. The molecule has 1 heterocycles. The molecule has 0 amide bonds. The minimum Gasteiger partial charge on any atom is -0.453 e. The van der Waals surface area contributed by atoms with Crippen LogP contribution >= 0.6 is 0 Å². The number of halogens is 2. The van der Waals surface area contributed by atoms with E-state index in [1.807, 2.05) is 41.5 Å². The van der Waals surface area contributed by atoms with E-state index in [9.17, 15) is 23.2 Å². The van der Waals surface area contributed by atoms with Gasteiger partial charge in [-0.3, -0.25) is 4.79 Å². The Kier molecular flexibility index (Phi) is 6.11. The van der Waals surface area contributed by atoms with Crippen LogP contribution in [0.1, 0.15) is 61.3 Å². The van der Waals surface area contributed by atoms with E-state index in [0.29, 0.717) is 6.42 Å². The number of ether oxygens (including phenoxy) is 3. The average molecular weight is 378 g/mol. The summed E-state index contributed by atoms with van der Waals surface area (Å²) in [5.41, 5.74) is -1.50. The first-order chi connectivity index (χ1) is 11.5. The second kappa shape index (κ2) is 7.12. The van der Waals surface area contributed by atoms with Gasteiger partial charge in [0.25, 0.3) is 0 Å². The second-order valence-electron chi connectivity index (χ2n) is 9.14. The lowest BCUT2D eigenvalue weighted by Crippen LogP contribution is -2.45. The summed E-state index contributed by atoms with van der Waals surface area (Å²) in [4.78, 5) is 35.7. The van der Waals surface area contributed by atoms with Gasteiger partial charge in [-0.2, -0.15) is 8.78 Å². The molecule has 0 aliphatic carbocycles. The number of carbonyl (C=O) groups excluding carboxylic acids is 3. The van der Waals surface area contributed by atoms with E-state index < -0.39 is 54.0 Å². The summed E-state index contributed by atoms with van der Waals surface area (Å²) < 4.78 is 39.4. The summed E-state index contributed by atoms with van der Waals surface area (Å²) in [5.74, 6) is -2.98. The molecule has 0 saturated carbocycles. The minimum atomic E-state index is -3.66. The molecule has 0 N–H and O–H groups in total. The zero-order chi connectivity index (χ0) is 20.6. The molecule has 1 saturated heterocycles.